The van der Waals surface area contributed by atoms with Crippen LogP contribution in [-0.4, -0.2) is 29.3 Å². The minimum absolute atomic E-state index is 0.0327. The molecule has 0 saturated carbocycles. The molecule has 2 atom stereocenters. The lowest BCUT2D eigenvalue weighted by atomic mass is 9.84. The van der Waals surface area contributed by atoms with E-state index in [1.165, 1.54) is 5.56 Å². The third kappa shape index (κ3) is 3.75. The summed E-state index contributed by atoms with van der Waals surface area (Å²) in [5, 5.41) is 9.28. The van der Waals surface area contributed by atoms with Crippen LogP contribution in [0.15, 0.2) is 54.6 Å². The quantitative estimate of drug-likeness (QED) is 0.828. The Balaban J connectivity index is 1.80. The van der Waals surface area contributed by atoms with Crippen molar-refractivity contribution >= 4 is 6.09 Å². The number of carbonyl (C=O) groups excluding carboxylic acids is 1. The van der Waals surface area contributed by atoms with E-state index in [4.69, 9.17) is 4.74 Å². The number of aliphatic hydroxyl groups is 1. The lowest BCUT2D eigenvalue weighted by molar-refractivity contribution is -0.0680. The third-order valence-corrected chi connectivity index (χ3v) is 5.34. The molecule has 1 aliphatic heterocycles. The molecule has 0 radical (unpaired) electrons. The maximum Gasteiger partial charge on any atom is 0.411 e. The van der Waals surface area contributed by atoms with Crippen LogP contribution in [-0.2, 0) is 10.3 Å². The zero-order valence-electron chi connectivity index (χ0n) is 15.5. The van der Waals surface area contributed by atoms with Crippen molar-refractivity contribution in [2.24, 2.45) is 0 Å². The van der Waals surface area contributed by atoms with Crippen molar-refractivity contribution < 1.29 is 14.6 Å². The first-order chi connectivity index (χ1) is 12.6. The normalized spacial score (nSPS) is 21.3. The van der Waals surface area contributed by atoms with Crippen LogP contribution >= 0.6 is 0 Å². The molecule has 0 spiro atoms. The van der Waals surface area contributed by atoms with E-state index in [2.05, 4.69) is 31.2 Å². The number of amides is 1. The van der Waals surface area contributed by atoms with Crippen LogP contribution in [0.5, 0.6) is 0 Å². The molecule has 26 heavy (non-hydrogen) atoms. The van der Waals surface area contributed by atoms with E-state index in [0.717, 1.165) is 17.5 Å². The van der Waals surface area contributed by atoms with Gasteiger partial charge in [0.25, 0.3) is 0 Å². The minimum atomic E-state index is -0.648. The van der Waals surface area contributed by atoms with Gasteiger partial charge in [-0.05, 0) is 37.8 Å². The van der Waals surface area contributed by atoms with Gasteiger partial charge in [-0.3, -0.25) is 0 Å². The van der Waals surface area contributed by atoms with Crippen molar-refractivity contribution in [2.45, 2.75) is 44.8 Å². The second-order valence-electron chi connectivity index (χ2n) is 7.09. The predicted octanol–water partition coefficient (Wildman–Crippen LogP) is 4.57. The second kappa shape index (κ2) is 7.92. The number of aliphatic hydroxyl groups excluding tert-OH is 1. The van der Waals surface area contributed by atoms with E-state index in [9.17, 15) is 9.90 Å². The van der Waals surface area contributed by atoms with Crippen molar-refractivity contribution in [1.29, 1.82) is 0 Å². The number of carbonyl (C=O) groups is 1. The Kier molecular flexibility index (Phi) is 5.62. The summed E-state index contributed by atoms with van der Waals surface area (Å²) in [5.74, 6) is 0. The van der Waals surface area contributed by atoms with E-state index in [-0.39, 0.29) is 18.7 Å². The monoisotopic (exact) mass is 353 g/mol. The summed E-state index contributed by atoms with van der Waals surface area (Å²) in [6.45, 7) is 4.82. The molecule has 0 aliphatic carbocycles. The van der Waals surface area contributed by atoms with Crippen LogP contribution in [0.4, 0.5) is 4.79 Å². The maximum absolute atomic E-state index is 12.9. The van der Waals surface area contributed by atoms with E-state index in [1.54, 1.807) is 4.90 Å². The van der Waals surface area contributed by atoms with Crippen molar-refractivity contribution in [3.8, 4) is 0 Å². The molecular formula is C22H27NO3. The molecule has 2 aromatic carbocycles. The van der Waals surface area contributed by atoms with Crippen LogP contribution in [0.25, 0.3) is 0 Å². The van der Waals surface area contributed by atoms with Gasteiger partial charge in [0.15, 0.2) is 0 Å². The average molecular weight is 353 g/mol. The van der Waals surface area contributed by atoms with Crippen molar-refractivity contribution in [3.63, 3.8) is 0 Å². The summed E-state index contributed by atoms with van der Waals surface area (Å²) in [6.07, 6.45) is 1.67. The molecule has 3 rings (SSSR count). The van der Waals surface area contributed by atoms with Gasteiger partial charge in [-0.25, -0.2) is 4.79 Å². The Labute approximate surface area is 155 Å². The number of nitrogens with zero attached hydrogens (tertiary/aromatic N) is 1. The molecule has 1 heterocycles. The van der Waals surface area contributed by atoms with Crippen LogP contribution in [0, 0.1) is 6.92 Å². The number of hydrogen-bond donors (Lipinski definition) is 1. The maximum atomic E-state index is 12.9. The fourth-order valence-electron chi connectivity index (χ4n) is 3.68. The smallest absolute Gasteiger partial charge is 0.411 e. The Morgan fingerprint density at radius 2 is 1.85 bits per heavy atom. The summed E-state index contributed by atoms with van der Waals surface area (Å²) < 4.78 is 6.02. The second-order valence-corrected chi connectivity index (χ2v) is 7.09. The standard InChI is InChI=1S/C22H27NO3/c1-17-9-11-19(12-10-17)18(2)23-15-14-22(13-6-16-24,26-21(23)25)20-7-4-3-5-8-20/h3-5,7-12,18,24H,6,13-16H2,1-2H3. The van der Waals surface area contributed by atoms with Gasteiger partial charge in [-0.1, -0.05) is 60.2 Å². The van der Waals surface area contributed by atoms with Crippen molar-refractivity contribution in [2.75, 3.05) is 13.2 Å². The molecule has 2 unspecified atom stereocenters. The number of hydrogen-bond acceptors (Lipinski definition) is 3. The topological polar surface area (TPSA) is 49.8 Å². The van der Waals surface area contributed by atoms with Gasteiger partial charge in [0.2, 0.25) is 0 Å². The summed E-state index contributed by atoms with van der Waals surface area (Å²) in [6, 6.07) is 18.1. The number of rotatable bonds is 6. The predicted molar refractivity (Wildman–Crippen MR) is 102 cm³/mol. The molecule has 1 aliphatic rings. The summed E-state index contributed by atoms with van der Waals surface area (Å²) in [5.41, 5.74) is 2.67. The van der Waals surface area contributed by atoms with E-state index >= 15 is 0 Å². The Morgan fingerprint density at radius 1 is 1.15 bits per heavy atom. The Hall–Kier alpha value is -2.33. The average Bonchev–Trinajstić information content (AvgIpc) is 2.67. The molecule has 1 amide bonds. The molecule has 1 fully saturated rings. The van der Waals surface area contributed by atoms with Crippen LogP contribution in [0.1, 0.15) is 48.9 Å². The highest BCUT2D eigenvalue weighted by Crippen LogP contribution is 2.40. The Bertz CT molecular complexity index is 729. The highest BCUT2D eigenvalue weighted by Gasteiger charge is 2.43. The first-order valence-corrected chi connectivity index (χ1v) is 9.28. The summed E-state index contributed by atoms with van der Waals surface area (Å²) in [4.78, 5) is 14.7. The number of aryl methyl sites for hydroxylation is 1. The van der Waals surface area contributed by atoms with E-state index in [0.29, 0.717) is 19.4 Å². The Morgan fingerprint density at radius 3 is 2.46 bits per heavy atom. The van der Waals surface area contributed by atoms with Gasteiger partial charge in [0.05, 0.1) is 6.04 Å². The van der Waals surface area contributed by atoms with Crippen molar-refractivity contribution in [3.05, 3.63) is 71.3 Å². The summed E-state index contributed by atoms with van der Waals surface area (Å²) >= 11 is 0. The first-order valence-electron chi connectivity index (χ1n) is 9.28. The number of ether oxygens (including phenoxy) is 1. The molecule has 1 N–H and O–H groups in total. The first kappa shape index (κ1) is 18.5. The van der Waals surface area contributed by atoms with Crippen LogP contribution in [0.3, 0.4) is 0 Å². The lowest BCUT2D eigenvalue weighted by Gasteiger charge is -2.43. The molecule has 1 saturated heterocycles. The molecule has 2 aromatic rings. The van der Waals surface area contributed by atoms with Crippen LogP contribution < -0.4 is 0 Å². The highest BCUT2D eigenvalue weighted by molar-refractivity contribution is 5.70. The molecule has 4 nitrogen and oxygen atoms in total. The number of benzene rings is 2. The summed E-state index contributed by atoms with van der Waals surface area (Å²) in [7, 11) is 0. The molecule has 138 valence electrons. The number of cyclic esters (lactones) is 1. The molecule has 0 aromatic heterocycles. The van der Waals surface area contributed by atoms with Gasteiger partial charge in [-0.15, -0.1) is 0 Å². The highest BCUT2D eigenvalue weighted by atomic mass is 16.6. The molecule has 0 bridgehead atoms. The fourth-order valence-corrected chi connectivity index (χ4v) is 3.68. The van der Waals surface area contributed by atoms with Gasteiger partial charge >= 0.3 is 6.09 Å². The molecular weight excluding hydrogens is 326 g/mol. The van der Waals surface area contributed by atoms with E-state index in [1.807, 2.05) is 37.3 Å². The largest absolute Gasteiger partial charge is 0.438 e. The lowest BCUT2D eigenvalue weighted by Crippen LogP contribution is -2.48. The zero-order valence-corrected chi connectivity index (χ0v) is 15.5. The van der Waals surface area contributed by atoms with Gasteiger partial charge < -0.3 is 14.7 Å². The third-order valence-electron chi connectivity index (χ3n) is 5.34. The van der Waals surface area contributed by atoms with Crippen LogP contribution in [0.2, 0.25) is 0 Å². The molecule has 4 heteroatoms. The zero-order chi connectivity index (χ0) is 18.6. The van der Waals surface area contributed by atoms with Crippen molar-refractivity contribution in [1.82, 2.24) is 4.90 Å². The minimum Gasteiger partial charge on any atom is -0.438 e. The fraction of sp³-hybridized carbons (Fsp3) is 0.409. The van der Waals surface area contributed by atoms with Gasteiger partial charge in [-0.2, -0.15) is 0 Å². The van der Waals surface area contributed by atoms with Gasteiger partial charge in [0.1, 0.15) is 5.60 Å². The van der Waals surface area contributed by atoms with Gasteiger partial charge in [0, 0.05) is 19.6 Å². The van der Waals surface area contributed by atoms with E-state index < -0.39 is 5.60 Å². The SMILES string of the molecule is Cc1ccc(C(C)N2CCC(CCCO)(c3ccccc3)OC2=O)cc1.